The molecule has 0 spiro atoms. The Morgan fingerprint density at radius 3 is 2.64 bits per heavy atom. The Morgan fingerprint density at radius 2 is 2.07 bits per heavy atom. The van der Waals surface area contributed by atoms with Crippen molar-refractivity contribution in [3.8, 4) is 6.01 Å². The van der Waals surface area contributed by atoms with Gasteiger partial charge >= 0.3 is 6.01 Å². The summed E-state index contributed by atoms with van der Waals surface area (Å²) in [6, 6.07) is 0.147. The van der Waals surface area contributed by atoms with E-state index in [9.17, 15) is 0 Å². The highest BCUT2D eigenvalue weighted by Crippen LogP contribution is 2.08. The van der Waals surface area contributed by atoms with E-state index in [0.717, 1.165) is 0 Å². The summed E-state index contributed by atoms with van der Waals surface area (Å²) in [5, 5.41) is 11.3. The predicted octanol–water partition coefficient (Wildman–Crippen LogP) is -1.43. The van der Waals surface area contributed by atoms with Crippen molar-refractivity contribution in [2.45, 2.75) is 0 Å². The molecule has 0 aliphatic heterocycles. The zero-order chi connectivity index (χ0) is 10.4. The minimum absolute atomic E-state index is 0.0145. The van der Waals surface area contributed by atoms with Gasteiger partial charge in [-0.2, -0.15) is 15.0 Å². The molecule has 78 valence electrons. The van der Waals surface area contributed by atoms with Crippen molar-refractivity contribution in [3.05, 3.63) is 0 Å². The molecule has 14 heavy (non-hydrogen) atoms. The van der Waals surface area contributed by atoms with E-state index in [2.05, 4.69) is 25.7 Å². The van der Waals surface area contributed by atoms with Gasteiger partial charge < -0.3 is 15.2 Å². The highest BCUT2D eigenvalue weighted by Gasteiger charge is 2.04. The average molecular weight is 200 g/mol. The molecule has 1 aromatic rings. The van der Waals surface area contributed by atoms with E-state index < -0.39 is 0 Å². The third kappa shape index (κ3) is 2.68. The first kappa shape index (κ1) is 10.4. The number of aromatic nitrogens is 3. The molecule has 1 heterocycles. The number of nitrogens with zero attached hydrogens (tertiary/aromatic N) is 3. The van der Waals surface area contributed by atoms with Gasteiger partial charge in [0.1, 0.15) is 0 Å². The molecule has 1 rings (SSSR count). The molecule has 0 fully saturated rings. The van der Waals surface area contributed by atoms with Crippen LogP contribution in [-0.2, 0) is 0 Å². The minimum Gasteiger partial charge on any atom is -0.467 e. The number of nitrogens with two attached hydrogens (primary N) is 1. The van der Waals surface area contributed by atoms with Gasteiger partial charge in [-0.05, 0) is 0 Å². The third-order valence-electron chi connectivity index (χ3n) is 1.32. The minimum atomic E-state index is -0.0145. The normalized spacial score (nSPS) is 9.64. The lowest BCUT2D eigenvalue weighted by Gasteiger charge is -2.05. The van der Waals surface area contributed by atoms with Gasteiger partial charge in [-0.1, -0.05) is 0 Å². The number of ether oxygens (including phenoxy) is 1. The molecule has 0 unspecified atom stereocenters. The van der Waals surface area contributed by atoms with Gasteiger partial charge in [0.2, 0.25) is 11.9 Å². The molecule has 0 saturated carbocycles. The first-order chi connectivity index (χ1) is 6.80. The Labute approximate surface area is 80.5 Å². The van der Waals surface area contributed by atoms with Crippen molar-refractivity contribution < 1.29 is 9.84 Å². The lowest BCUT2D eigenvalue weighted by atomic mass is 10.7. The highest BCUT2D eigenvalue weighted by molar-refractivity contribution is 5.34. The van der Waals surface area contributed by atoms with Gasteiger partial charge in [0.15, 0.2) is 0 Å². The second-order valence-electron chi connectivity index (χ2n) is 2.26. The van der Waals surface area contributed by atoms with E-state index in [0.29, 0.717) is 12.5 Å². The summed E-state index contributed by atoms with van der Waals surface area (Å²) in [5.41, 5.74) is 2.27. The van der Waals surface area contributed by atoms with Gasteiger partial charge in [-0.3, -0.25) is 5.43 Å². The van der Waals surface area contributed by atoms with E-state index in [1.807, 2.05) is 0 Å². The summed E-state index contributed by atoms with van der Waals surface area (Å²) < 4.78 is 4.82. The molecular weight excluding hydrogens is 188 g/mol. The van der Waals surface area contributed by atoms with Crippen LogP contribution in [0.1, 0.15) is 0 Å². The summed E-state index contributed by atoms with van der Waals surface area (Å²) in [5.74, 6) is 5.62. The number of methoxy groups -OCH3 is 1. The van der Waals surface area contributed by atoms with Crippen molar-refractivity contribution >= 4 is 11.9 Å². The van der Waals surface area contributed by atoms with Crippen molar-refractivity contribution in [2.24, 2.45) is 5.84 Å². The van der Waals surface area contributed by atoms with E-state index >= 15 is 0 Å². The number of anilines is 2. The van der Waals surface area contributed by atoms with Gasteiger partial charge in [0.25, 0.3) is 0 Å². The lowest BCUT2D eigenvalue weighted by Crippen LogP contribution is -2.15. The van der Waals surface area contributed by atoms with Crippen LogP contribution >= 0.6 is 0 Å². The van der Waals surface area contributed by atoms with Gasteiger partial charge in [0, 0.05) is 6.54 Å². The van der Waals surface area contributed by atoms with Crippen molar-refractivity contribution in [1.29, 1.82) is 0 Å². The second-order valence-corrected chi connectivity index (χ2v) is 2.26. The second kappa shape index (κ2) is 5.14. The number of hydrazine groups is 1. The van der Waals surface area contributed by atoms with Crippen molar-refractivity contribution in [1.82, 2.24) is 15.0 Å². The maximum atomic E-state index is 8.58. The fraction of sp³-hybridized carbons (Fsp3) is 0.500. The van der Waals surface area contributed by atoms with Gasteiger partial charge in [-0.25, -0.2) is 5.84 Å². The molecule has 0 amide bonds. The number of hydrogen-bond acceptors (Lipinski definition) is 8. The number of aliphatic hydroxyl groups excluding tert-OH is 1. The van der Waals surface area contributed by atoms with Crippen LogP contribution in [0.2, 0.25) is 0 Å². The smallest absolute Gasteiger partial charge is 0.322 e. The quantitative estimate of drug-likeness (QED) is 0.337. The van der Waals surface area contributed by atoms with Crippen LogP contribution in [-0.4, -0.2) is 40.3 Å². The summed E-state index contributed by atoms with van der Waals surface area (Å²) in [4.78, 5) is 11.5. The number of rotatable bonds is 5. The van der Waals surface area contributed by atoms with Gasteiger partial charge in [-0.15, -0.1) is 0 Å². The number of nitrogens with one attached hydrogen (secondary N) is 2. The maximum absolute atomic E-state index is 8.58. The van der Waals surface area contributed by atoms with E-state index in [-0.39, 0.29) is 18.6 Å². The summed E-state index contributed by atoms with van der Waals surface area (Å²) in [7, 11) is 1.44. The monoisotopic (exact) mass is 200 g/mol. The van der Waals surface area contributed by atoms with Crippen LogP contribution in [0.3, 0.4) is 0 Å². The SMILES string of the molecule is COc1nc(NN)nc(NCCO)n1. The first-order valence-corrected chi connectivity index (χ1v) is 3.91. The Bertz CT molecular complexity index is 271. The molecule has 0 aliphatic carbocycles. The molecule has 8 heteroatoms. The topological polar surface area (TPSA) is 118 Å². The van der Waals surface area contributed by atoms with E-state index in [1.54, 1.807) is 0 Å². The van der Waals surface area contributed by atoms with Crippen LogP contribution in [0.25, 0.3) is 0 Å². The predicted molar refractivity (Wildman–Crippen MR) is 49.8 cm³/mol. The molecule has 1 aromatic heterocycles. The van der Waals surface area contributed by atoms with Crippen LogP contribution in [0, 0.1) is 0 Å². The number of aliphatic hydroxyl groups is 1. The average Bonchev–Trinajstić information content (AvgIpc) is 2.25. The Balaban J connectivity index is 2.81. The maximum Gasteiger partial charge on any atom is 0.322 e. The molecule has 0 bridgehead atoms. The molecule has 5 N–H and O–H groups in total. The summed E-state index contributed by atoms with van der Waals surface area (Å²) >= 11 is 0. The summed E-state index contributed by atoms with van der Waals surface area (Å²) in [6.07, 6.45) is 0. The van der Waals surface area contributed by atoms with E-state index in [1.165, 1.54) is 7.11 Å². The van der Waals surface area contributed by atoms with Gasteiger partial charge in [0.05, 0.1) is 13.7 Å². The molecule has 0 aromatic carbocycles. The fourth-order valence-corrected chi connectivity index (χ4v) is 0.759. The van der Waals surface area contributed by atoms with Crippen LogP contribution in [0.4, 0.5) is 11.9 Å². The Morgan fingerprint density at radius 1 is 1.36 bits per heavy atom. The number of hydrogen-bond donors (Lipinski definition) is 4. The zero-order valence-corrected chi connectivity index (χ0v) is 7.69. The molecule has 0 radical (unpaired) electrons. The zero-order valence-electron chi connectivity index (χ0n) is 7.69. The van der Waals surface area contributed by atoms with Crippen LogP contribution < -0.4 is 21.3 Å². The largest absolute Gasteiger partial charge is 0.467 e. The highest BCUT2D eigenvalue weighted by atomic mass is 16.5. The number of nitrogen functional groups attached to an aromatic ring is 1. The van der Waals surface area contributed by atoms with Crippen LogP contribution in [0.15, 0.2) is 0 Å². The van der Waals surface area contributed by atoms with Crippen molar-refractivity contribution in [3.63, 3.8) is 0 Å². The third-order valence-corrected chi connectivity index (χ3v) is 1.32. The lowest BCUT2D eigenvalue weighted by molar-refractivity contribution is 0.310. The summed E-state index contributed by atoms with van der Waals surface area (Å²) in [6.45, 7) is 0.330. The first-order valence-electron chi connectivity index (χ1n) is 3.91. The molecular formula is C6H12N6O2. The van der Waals surface area contributed by atoms with Crippen molar-refractivity contribution in [2.75, 3.05) is 31.0 Å². The van der Waals surface area contributed by atoms with Crippen LogP contribution in [0.5, 0.6) is 6.01 Å². The molecule has 0 atom stereocenters. The Hall–Kier alpha value is -1.67. The van der Waals surface area contributed by atoms with E-state index in [4.69, 9.17) is 15.7 Å². The molecule has 0 saturated heterocycles. The molecule has 8 nitrogen and oxygen atoms in total. The Kier molecular flexibility index (Phi) is 3.83. The standard InChI is InChI=1S/C6H12N6O2/c1-14-6-10-4(8-2-3-13)9-5(11-6)12-7/h13H,2-3,7H2,1H3,(H2,8,9,10,11,12). The molecule has 0 aliphatic rings. The fourth-order valence-electron chi connectivity index (χ4n) is 0.759.